The number of hydrogen-bond acceptors (Lipinski definition) is 0. The van der Waals surface area contributed by atoms with Crippen molar-refractivity contribution in [3.8, 4) is 0 Å². The third-order valence-corrected chi connectivity index (χ3v) is 6.41. The second-order valence-electron chi connectivity index (χ2n) is 8.88. The fourth-order valence-electron chi connectivity index (χ4n) is 4.48. The van der Waals surface area contributed by atoms with E-state index < -0.39 is 0 Å². The molecule has 4 aliphatic rings. The summed E-state index contributed by atoms with van der Waals surface area (Å²) >= 11 is 0. The van der Waals surface area contributed by atoms with Crippen LogP contribution in [0.3, 0.4) is 0 Å². The smallest absolute Gasteiger partial charge is 0.0279 e. The minimum atomic E-state index is 1.26. The highest BCUT2D eigenvalue weighted by Gasteiger charge is 2.00. The van der Waals surface area contributed by atoms with Crippen molar-refractivity contribution in [3.05, 3.63) is 70.8 Å². The summed E-state index contributed by atoms with van der Waals surface area (Å²) in [6.45, 7) is 0. The van der Waals surface area contributed by atoms with Gasteiger partial charge in [0.15, 0.2) is 0 Å². The summed E-state index contributed by atoms with van der Waals surface area (Å²) in [6, 6.07) is 19.0. The fourth-order valence-corrected chi connectivity index (χ4v) is 4.48. The topological polar surface area (TPSA) is 0 Å². The van der Waals surface area contributed by atoms with Crippen LogP contribution in [0.15, 0.2) is 48.5 Å². The van der Waals surface area contributed by atoms with Crippen molar-refractivity contribution >= 4 is 0 Å². The zero-order chi connectivity index (χ0) is 19.3. The molecule has 0 saturated carbocycles. The molecule has 2 aromatic rings. The second kappa shape index (κ2) is 12.8. The molecule has 0 heteroatoms. The van der Waals surface area contributed by atoms with Crippen molar-refractivity contribution in [1.82, 2.24) is 0 Å². The summed E-state index contributed by atoms with van der Waals surface area (Å²) in [4.78, 5) is 0. The average molecular weight is 377 g/mol. The van der Waals surface area contributed by atoms with Crippen molar-refractivity contribution in [2.75, 3.05) is 0 Å². The van der Waals surface area contributed by atoms with Crippen molar-refractivity contribution in [2.45, 2.75) is 103 Å². The Hall–Kier alpha value is -1.56. The van der Waals surface area contributed by atoms with Crippen molar-refractivity contribution in [3.63, 3.8) is 0 Å². The summed E-state index contributed by atoms with van der Waals surface area (Å²) in [5, 5.41) is 0. The molecule has 0 spiro atoms. The van der Waals surface area contributed by atoms with Crippen LogP contribution in [0, 0.1) is 0 Å². The zero-order valence-corrected chi connectivity index (χ0v) is 17.9. The van der Waals surface area contributed by atoms with Gasteiger partial charge in [0.1, 0.15) is 0 Å². The van der Waals surface area contributed by atoms with E-state index in [1.165, 1.54) is 125 Å². The van der Waals surface area contributed by atoms with Crippen molar-refractivity contribution in [1.29, 1.82) is 0 Å². The summed E-state index contributed by atoms with van der Waals surface area (Å²) in [7, 11) is 0. The molecule has 0 radical (unpaired) electrons. The van der Waals surface area contributed by atoms with Gasteiger partial charge in [-0.3, -0.25) is 0 Å². The van der Waals surface area contributed by atoms with Gasteiger partial charge in [-0.15, -0.1) is 0 Å². The molecule has 0 saturated heterocycles. The van der Waals surface area contributed by atoms with Gasteiger partial charge in [0.2, 0.25) is 0 Å². The Morgan fingerprint density at radius 2 is 0.429 bits per heavy atom. The molecular formula is C28H40. The molecule has 152 valence electrons. The van der Waals surface area contributed by atoms with Gasteiger partial charge in [0.25, 0.3) is 0 Å². The van der Waals surface area contributed by atoms with Crippen LogP contribution in [0.1, 0.15) is 99.3 Å². The summed E-state index contributed by atoms with van der Waals surface area (Å²) in [5.74, 6) is 0. The first-order chi connectivity index (χ1) is 13.9. The Labute approximate surface area is 173 Å². The molecule has 4 bridgehead atoms. The van der Waals surface area contributed by atoms with Gasteiger partial charge in [-0.25, -0.2) is 0 Å². The van der Waals surface area contributed by atoms with Gasteiger partial charge in [-0.05, 0) is 73.6 Å². The minimum absolute atomic E-state index is 1.26. The van der Waals surface area contributed by atoms with E-state index in [4.69, 9.17) is 0 Å². The molecular weight excluding hydrogens is 336 g/mol. The predicted octanol–water partition coefficient (Wildman–Crippen LogP) is 8.25. The number of benzene rings is 2. The highest BCUT2D eigenvalue weighted by Crippen LogP contribution is 2.16. The van der Waals surface area contributed by atoms with Crippen LogP contribution in [0.25, 0.3) is 0 Å². The molecule has 0 atom stereocenters. The van der Waals surface area contributed by atoms with Crippen LogP contribution in [0.4, 0.5) is 0 Å². The maximum Gasteiger partial charge on any atom is -0.0279 e. The largest absolute Gasteiger partial charge is 0.0588 e. The lowest BCUT2D eigenvalue weighted by molar-refractivity contribution is 0.591. The molecule has 28 heavy (non-hydrogen) atoms. The average Bonchev–Trinajstić information content (AvgIpc) is 2.73. The fraction of sp³-hybridized carbons (Fsp3) is 0.571. The van der Waals surface area contributed by atoms with Crippen LogP contribution in [0.5, 0.6) is 0 Å². The maximum atomic E-state index is 2.37. The first kappa shape index (κ1) is 21.2. The Morgan fingerprint density at radius 3 is 0.643 bits per heavy atom. The Kier molecular flexibility index (Phi) is 9.68. The quantitative estimate of drug-likeness (QED) is 0.434. The van der Waals surface area contributed by atoms with Crippen molar-refractivity contribution in [2.24, 2.45) is 0 Å². The number of hydrogen-bond donors (Lipinski definition) is 0. The van der Waals surface area contributed by atoms with E-state index in [-0.39, 0.29) is 0 Å². The molecule has 4 aliphatic carbocycles. The monoisotopic (exact) mass is 376 g/mol. The van der Waals surface area contributed by atoms with Crippen LogP contribution < -0.4 is 0 Å². The van der Waals surface area contributed by atoms with E-state index >= 15 is 0 Å². The van der Waals surface area contributed by atoms with E-state index in [0.717, 1.165) is 0 Å². The molecule has 2 aromatic carbocycles. The van der Waals surface area contributed by atoms with Crippen molar-refractivity contribution < 1.29 is 0 Å². The molecule has 0 amide bonds. The van der Waals surface area contributed by atoms with E-state index in [2.05, 4.69) is 48.5 Å². The molecule has 0 nitrogen and oxygen atoms in total. The molecule has 0 aromatic heterocycles. The van der Waals surface area contributed by atoms with Crippen LogP contribution >= 0.6 is 0 Å². The zero-order valence-electron chi connectivity index (χ0n) is 17.9. The van der Waals surface area contributed by atoms with Gasteiger partial charge < -0.3 is 0 Å². The lowest BCUT2D eigenvalue weighted by Crippen LogP contribution is -1.92. The summed E-state index contributed by atoms with van der Waals surface area (Å²) in [5.41, 5.74) is 6.12. The van der Waals surface area contributed by atoms with Crippen LogP contribution in [-0.4, -0.2) is 0 Å². The summed E-state index contributed by atoms with van der Waals surface area (Å²) in [6.07, 6.45) is 21.6. The first-order valence-corrected chi connectivity index (χ1v) is 12.1. The van der Waals surface area contributed by atoms with E-state index in [0.29, 0.717) is 0 Å². The maximum absolute atomic E-state index is 2.37. The number of rotatable bonds is 0. The summed E-state index contributed by atoms with van der Waals surface area (Å²) < 4.78 is 0. The lowest BCUT2D eigenvalue weighted by atomic mass is 9.99. The first-order valence-electron chi connectivity index (χ1n) is 12.1. The van der Waals surface area contributed by atoms with E-state index in [9.17, 15) is 0 Å². The molecule has 0 unspecified atom stereocenters. The SMILES string of the molecule is c1cc2ccc1CCCCCCCCc1ccc(cc1)CCCCCCCC2. The van der Waals surface area contributed by atoms with E-state index in [1.807, 2.05) is 0 Å². The number of aryl methyl sites for hydroxylation is 4. The highest BCUT2D eigenvalue weighted by molar-refractivity contribution is 5.23. The highest BCUT2D eigenvalue weighted by atomic mass is 14.1. The van der Waals surface area contributed by atoms with Gasteiger partial charge in [-0.1, -0.05) is 99.9 Å². The Balaban J connectivity index is 1.45. The molecule has 0 heterocycles. The molecule has 6 rings (SSSR count). The molecule has 0 fully saturated rings. The van der Waals surface area contributed by atoms with Gasteiger partial charge >= 0.3 is 0 Å². The Morgan fingerprint density at radius 1 is 0.250 bits per heavy atom. The lowest BCUT2D eigenvalue weighted by Gasteiger charge is -2.07. The van der Waals surface area contributed by atoms with Gasteiger partial charge in [-0.2, -0.15) is 0 Å². The third-order valence-electron chi connectivity index (χ3n) is 6.41. The predicted molar refractivity (Wildman–Crippen MR) is 123 cm³/mol. The van der Waals surface area contributed by atoms with Crippen LogP contribution in [0.2, 0.25) is 0 Å². The Bertz CT molecular complexity index is 517. The van der Waals surface area contributed by atoms with Gasteiger partial charge in [0.05, 0.1) is 0 Å². The normalized spacial score (nSPS) is 18.6. The van der Waals surface area contributed by atoms with Crippen LogP contribution in [-0.2, 0) is 25.7 Å². The third kappa shape index (κ3) is 8.21. The molecule has 0 N–H and O–H groups in total. The van der Waals surface area contributed by atoms with E-state index in [1.54, 1.807) is 0 Å². The molecule has 0 aliphatic heterocycles. The van der Waals surface area contributed by atoms with Gasteiger partial charge in [0, 0.05) is 0 Å². The standard InChI is InChI=1S/C28H40/c1-2-6-10-14-26-21-23-28(24-22-26)16-12-8-4-3-7-11-15-27-19-17-25(18-20-27)13-9-5-1/h17-24H,1-16H2. The second-order valence-corrected chi connectivity index (χ2v) is 8.88. The minimum Gasteiger partial charge on any atom is -0.0588 e.